The number of hydrogen-bond acceptors (Lipinski definition) is 17. The minimum atomic E-state index is -1.11. The molecular weight excluding hydrogens is 853 g/mol. The van der Waals surface area contributed by atoms with E-state index in [1.165, 1.54) is 63.8 Å². The molecule has 3 aliphatic heterocycles. The van der Waals surface area contributed by atoms with Crippen LogP contribution >= 0.6 is 0 Å². The highest BCUT2D eigenvalue weighted by molar-refractivity contribution is 5.82. The van der Waals surface area contributed by atoms with E-state index in [2.05, 4.69) is 22.8 Å². The van der Waals surface area contributed by atoms with Crippen molar-refractivity contribution in [1.82, 2.24) is 10.6 Å². The first-order valence-corrected chi connectivity index (χ1v) is 21.8. The molecule has 0 bridgehead atoms. The Kier molecular flexibility index (Phi) is 18.6. The third kappa shape index (κ3) is 11.4. The highest BCUT2D eigenvalue weighted by Gasteiger charge is 2.56. The fraction of sp³-hybridized carbons (Fsp3) is 0.674. The zero-order valence-corrected chi connectivity index (χ0v) is 38.8. The number of carbonyl (C=O) groups is 3. The van der Waals surface area contributed by atoms with Gasteiger partial charge in [-0.05, 0) is 29.2 Å². The van der Waals surface area contributed by atoms with Crippen molar-refractivity contribution in [3.05, 3.63) is 59.7 Å². The summed E-state index contributed by atoms with van der Waals surface area (Å²) < 4.78 is 85.2. The maximum atomic E-state index is 13.4. The minimum absolute atomic E-state index is 0.0220. The normalized spacial score (nSPS) is 33.5. The standard InChI is InChI=1S/C46H66N2O17/c1-24-35(47-25(2)49)38(54-5)42(58-9)45(61-24)64-37-32(23-53-4)63-46(43(59-10)40(37)56-7)65-36-31(22-52-3)62-44(41(57-8)39(36)55-6)48-33(50)19-20-34(51)60-21-30-28-17-13-11-15-26(28)27-16-12-14-18-29(27)30/h11-18,24,30-32,35-46H,19-23H2,1-10H3,(H,47,49)(H,48,50)/t24?,31?,32?,35-,36+,37+,38-,39-,40-,41?,42?,43?,44?,45+,46+/m1/s1. The number of nitrogens with one attached hydrogen (secondary N) is 2. The van der Waals surface area contributed by atoms with Gasteiger partial charge in [0.2, 0.25) is 11.8 Å². The molecule has 6 rings (SSSR count). The first-order chi connectivity index (χ1) is 31.5. The van der Waals surface area contributed by atoms with E-state index in [4.69, 9.17) is 66.3 Å². The van der Waals surface area contributed by atoms with Crippen molar-refractivity contribution < 1.29 is 80.7 Å². The number of rotatable bonds is 21. The molecule has 0 radical (unpaired) electrons. The van der Waals surface area contributed by atoms with Crippen molar-refractivity contribution in [3.63, 3.8) is 0 Å². The Hall–Kier alpha value is -3.67. The largest absolute Gasteiger partial charge is 0.465 e. The van der Waals surface area contributed by atoms with E-state index in [0.29, 0.717) is 0 Å². The molecule has 4 aliphatic rings. The highest BCUT2D eigenvalue weighted by atomic mass is 16.8. The van der Waals surface area contributed by atoms with Crippen molar-refractivity contribution in [3.8, 4) is 11.1 Å². The summed E-state index contributed by atoms with van der Waals surface area (Å²) in [4.78, 5) is 38.5. The van der Waals surface area contributed by atoms with Gasteiger partial charge < -0.3 is 76.9 Å². The zero-order chi connectivity index (χ0) is 46.8. The molecule has 1 aliphatic carbocycles. The zero-order valence-electron chi connectivity index (χ0n) is 38.8. The molecule has 3 heterocycles. The molecule has 65 heavy (non-hydrogen) atoms. The van der Waals surface area contributed by atoms with Crippen molar-refractivity contribution >= 4 is 17.8 Å². The van der Waals surface area contributed by atoms with Crippen LogP contribution in [0.1, 0.15) is 43.7 Å². The molecule has 0 aromatic heterocycles. The summed E-state index contributed by atoms with van der Waals surface area (Å²) in [7, 11) is 12.0. The average Bonchev–Trinajstić information content (AvgIpc) is 3.62. The van der Waals surface area contributed by atoms with Crippen LogP contribution in [0.4, 0.5) is 0 Å². The van der Waals surface area contributed by atoms with Gasteiger partial charge in [-0.15, -0.1) is 0 Å². The number of methoxy groups -OCH3 is 8. The SMILES string of the molecule is COCC1OC(NC(=O)CCC(=O)OCC2c3ccccc3-c3ccccc32)C(OC)[C@H](OC)[C@H]1O[C@@H]1OC(COC)[C@H](O[C@@H]2OC(C)[C@@H](NC(C)=O)[C@@H](OC)C2OC)[C@@H](OC)C1OC. The molecular formula is C46H66N2O17. The van der Waals surface area contributed by atoms with Crippen molar-refractivity contribution in [2.24, 2.45) is 0 Å². The molecule has 362 valence electrons. The Bertz CT molecular complexity index is 1810. The van der Waals surface area contributed by atoms with Gasteiger partial charge in [0.25, 0.3) is 0 Å². The lowest BCUT2D eigenvalue weighted by Crippen LogP contribution is -2.69. The van der Waals surface area contributed by atoms with Crippen LogP contribution in [-0.2, 0) is 80.7 Å². The van der Waals surface area contributed by atoms with Crippen LogP contribution in [0, 0.1) is 0 Å². The second kappa shape index (κ2) is 23.9. The van der Waals surface area contributed by atoms with Crippen molar-refractivity contribution in [2.45, 2.75) is 125 Å². The van der Waals surface area contributed by atoms with Gasteiger partial charge in [-0.2, -0.15) is 0 Å². The van der Waals surface area contributed by atoms with Crippen LogP contribution < -0.4 is 10.6 Å². The average molecular weight is 919 g/mol. The van der Waals surface area contributed by atoms with Crippen LogP contribution in [-0.4, -0.2) is 186 Å². The quantitative estimate of drug-likeness (QED) is 0.172. The third-order valence-corrected chi connectivity index (χ3v) is 12.5. The Morgan fingerprint density at radius 3 is 1.57 bits per heavy atom. The van der Waals surface area contributed by atoms with Crippen LogP contribution in [0.5, 0.6) is 0 Å². The first kappa shape index (κ1) is 50.7. The summed E-state index contributed by atoms with van der Waals surface area (Å²) in [6.45, 7) is 3.45. The summed E-state index contributed by atoms with van der Waals surface area (Å²) in [6.07, 6.45) is -12.2. The Morgan fingerprint density at radius 2 is 1.05 bits per heavy atom. The molecule has 2 aromatic rings. The number of hydrogen-bond donors (Lipinski definition) is 2. The molecule has 3 saturated heterocycles. The van der Waals surface area contributed by atoms with Gasteiger partial charge in [0.1, 0.15) is 67.6 Å². The number of ether oxygens (including phenoxy) is 14. The molecule has 19 nitrogen and oxygen atoms in total. The maximum Gasteiger partial charge on any atom is 0.306 e. The highest BCUT2D eigenvalue weighted by Crippen LogP contribution is 2.44. The van der Waals surface area contributed by atoms with Crippen LogP contribution in [0.3, 0.4) is 0 Å². The predicted molar refractivity (Wildman–Crippen MR) is 230 cm³/mol. The fourth-order valence-corrected chi connectivity index (χ4v) is 9.50. The lowest BCUT2D eigenvalue weighted by atomic mass is 9.94. The summed E-state index contributed by atoms with van der Waals surface area (Å²) >= 11 is 0. The van der Waals surface area contributed by atoms with E-state index in [0.717, 1.165) is 22.3 Å². The van der Waals surface area contributed by atoms with Gasteiger partial charge in [0.15, 0.2) is 18.8 Å². The summed E-state index contributed by atoms with van der Waals surface area (Å²) in [5.74, 6) is -1.31. The molecule has 2 amide bonds. The summed E-state index contributed by atoms with van der Waals surface area (Å²) in [5.41, 5.74) is 4.44. The predicted octanol–water partition coefficient (Wildman–Crippen LogP) is 2.09. The third-order valence-electron chi connectivity index (χ3n) is 12.5. The second-order valence-corrected chi connectivity index (χ2v) is 16.4. The van der Waals surface area contributed by atoms with Gasteiger partial charge >= 0.3 is 5.97 Å². The molecule has 7 unspecified atom stereocenters. The molecule has 15 atom stereocenters. The van der Waals surface area contributed by atoms with Crippen molar-refractivity contribution in [2.75, 3.05) is 76.7 Å². The van der Waals surface area contributed by atoms with Crippen LogP contribution in [0.25, 0.3) is 11.1 Å². The van der Waals surface area contributed by atoms with Crippen LogP contribution in [0.2, 0.25) is 0 Å². The van der Waals surface area contributed by atoms with Crippen molar-refractivity contribution in [1.29, 1.82) is 0 Å². The van der Waals surface area contributed by atoms with E-state index in [9.17, 15) is 14.4 Å². The second-order valence-electron chi connectivity index (χ2n) is 16.4. The molecule has 0 spiro atoms. The first-order valence-electron chi connectivity index (χ1n) is 21.8. The Morgan fingerprint density at radius 1 is 0.554 bits per heavy atom. The minimum Gasteiger partial charge on any atom is -0.465 e. The number of amides is 2. The number of esters is 1. The summed E-state index contributed by atoms with van der Waals surface area (Å²) in [6, 6.07) is 15.6. The topological polar surface area (TPSA) is 204 Å². The van der Waals surface area contributed by atoms with E-state index in [-0.39, 0.29) is 44.5 Å². The Balaban J connectivity index is 1.11. The van der Waals surface area contributed by atoms with E-state index in [1.54, 1.807) is 6.92 Å². The molecule has 0 saturated carbocycles. The van der Waals surface area contributed by atoms with Gasteiger partial charge in [-0.3, -0.25) is 14.4 Å². The fourth-order valence-electron chi connectivity index (χ4n) is 9.50. The summed E-state index contributed by atoms with van der Waals surface area (Å²) in [5, 5.41) is 5.76. The number of fused-ring (bicyclic) bond motifs is 3. The van der Waals surface area contributed by atoms with E-state index < -0.39 is 104 Å². The molecule has 2 N–H and O–H groups in total. The lowest BCUT2D eigenvalue weighted by Gasteiger charge is -2.51. The smallest absolute Gasteiger partial charge is 0.306 e. The number of benzene rings is 2. The molecule has 19 heteroatoms. The molecule has 3 fully saturated rings. The van der Waals surface area contributed by atoms with Gasteiger partial charge in [0, 0.05) is 76.1 Å². The monoisotopic (exact) mass is 918 g/mol. The number of carbonyl (C=O) groups excluding carboxylic acids is 3. The van der Waals surface area contributed by atoms with Gasteiger partial charge in [-0.25, -0.2) is 0 Å². The van der Waals surface area contributed by atoms with Gasteiger partial charge in [-0.1, -0.05) is 48.5 Å². The van der Waals surface area contributed by atoms with Gasteiger partial charge in [0.05, 0.1) is 31.8 Å². The van der Waals surface area contributed by atoms with E-state index in [1.807, 2.05) is 36.4 Å². The van der Waals surface area contributed by atoms with Crippen LogP contribution in [0.15, 0.2) is 48.5 Å². The Labute approximate surface area is 380 Å². The lowest BCUT2D eigenvalue weighted by molar-refractivity contribution is -0.374. The van der Waals surface area contributed by atoms with E-state index >= 15 is 0 Å². The molecule has 2 aromatic carbocycles. The maximum absolute atomic E-state index is 13.4.